The smallest absolute Gasteiger partial charge is 0.254 e. The molecule has 0 radical (unpaired) electrons. The molecular weight excluding hydrogens is 321 g/mol. The zero-order valence-electron chi connectivity index (χ0n) is 14.6. The van der Waals surface area contributed by atoms with Gasteiger partial charge < -0.3 is 15.8 Å². The number of nitrogens with zero attached hydrogens (tertiary/aromatic N) is 1. The highest BCUT2D eigenvalue weighted by Crippen LogP contribution is 2.29. The van der Waals surface area contributed by atoms with Gasteiger partial charge in [0.1, 0.15) is 11.4 Å². The van der Waals surface area contributed by atoms with Crippen LogP contribution in [0.15, 0.2) is 42.2 Å². The fourth-order valence-corrected chi connectivity index (χ4v) is 2.28. The lowest BCUT2D eigenvalue weighted by molar-refractivity contribution is 0.0997. The lowest BCUT2D eigenvalue weighted by Crippen LogP contribution is -2.16. The van der Waals surface area contributed by atoms with Crippen LogP contribution in [0.3, 0.4) is 0 Å². The predicted octanol–water partition coefficient (Wildman–Crippen LogP) is 4.11. The van der Waals surface area contributed by atoms with Crippen LogP contribution in [0.1, 0.15) is 36.2 Å². The Hall–Kier alpha value is -2.89. The third-order valence-electron chi connectivity index (χ3n) is 3.48. The molecule has 5 nitrogen and oxygen atoms in total. The minimum absolute atomic E-state index is 0.146. The van der Waals surface area contributed by atoms with Gasteiger partial charge in [0, 0.05) is 0 Å². The number of aromatic nitrogens is 1. The van der Waals surface area contributed by atoms with Crippen LogP contribution in [0.4, 0.5) is 15.8 Å². The molecule has 1 heterocycles. The van der Waals surface area contributed by atoms with Gasteiger partial charge in [-0.2, -0.15) is 0 Å². The summed E-state index contributed by atoms with van der Waals surface area (Å²) in [6.07, 6.45) is 5.58. The van der Waals surface area contributed by atoms with E-state index in [0.717, 1.165) is 5.56 Å². The number of carbonyl (C=O) groups excluding carboxylic acids is 1. The molecule has 0 fully saturated rings. The molecule has 1 amide bonds. The number of aryl methyl sites for hydroxylation is 1. The number of halogens is 1. The summed E-state index contributed by atoms with van der Waals surface area (Å²) >= 11 is 0. The fraction of sp³-hybridized carbons (Fsp3) is 0.263. The van der Waals surface area contributed by atoms with Gasteiger partial charge in [-0.3, -0.25) is 9.78 Å². The molecule has 0 unspecified atom stereocenters. The number of amides is 1. The molecule has 0 aliphatic heterocycles. The molecule has 0 spiro atoms. The molecule has 1 aromatic heterocycles. The van der Waals surface area contributed by atoms with E-state index in [9.17, 15) is 9.18 Å². The highest BCUT2D eigenvalue weighted by atomic mass is 19.1. The normalized spacial score (nSPS) is 10.2. The summed E-state index contributed by atoms with van der Waals surface area (Å²) in [6, 6.07) is 4.76. The highest BCUT2D eigenvalue weighted by Gasteiger charge is 2.17. The second-order valence-electron chi connectivity index (χ2n) is 5.95. The molecule has 0 aliphatic rings. The predicted molar refractivity (Wildman–Crippen MR) is 96.7 cm³/mol. The largest absolute Gasteiger partial charge is 0.491 e. The monoisotopic (exact) mass is 343 g/mol. The van der Waals surface area contributed by atoms with Crippen LogP contribution in [0, 0.1) is 12.7 Å². The molecule has 1 aromatic carbocycles. The van der Waals surface area contributed by atoms with Gasteiger partial charge in [-0.05, 0) is 44.9 Å². The van der Waals surface area contributed by atoms with E-state index in [1.54, 1.807) is 19.1 Å². The van der Waals surface area contributed by atoms with E-state index in [-0.39, 0.29) is 17.0 Å². The van der Waals surface area contributed by atoms with Crippen LogP contribution in [-0.2, 0) is 0 Å². The van der Waals surface area contributed by atoms with Gasteiger partial charge >= 0.3 is 0 Å². The van der Waals surface area contributed by atoms with Crippen molar-refractivity contribution in [2.45, 2.75) is 27.2 Å². The van der Waals surface area contributed by atoms with Gasteiger partial charge in [0.2, 0.25) is 0 Å². The van der Waals surface area contributed by atoms with Gasteiger partial charge in [-0.1, -0.05) is 17.7 Å². The van der Waals surface area contributed by atoms with Crippen LogP contribution < -0.4 is 15.8 Å². The van der Waals surface area contributed by atoms with Crippen molar-refractivity contribution >= 4 is 17.3 Å². The first-order valence-corrected chi connectivity index (χ1v) is 7.95. The van der Waals surface area contributed by atoms with Crippen molar-refractivity contribution in [3.63, 3.8) is 0 Å². The molecule has 0 bridgehead atoms. The molecule has 25 heavy (non-hydrogen) atoms. The number of carbonyl (C=O) groups is 1. The summed E-state index contributed by atoms with van der Waals surface area (Å²) in [5, 5.41) is 2.87. The standard InChI is InChI=1S/C19H22FN3O2/c1-12(2)5-4-8-25-17-11-22-10-16(18(17)19(21)24)23-15-7-6-13(3)9-14(15)20/h5-7,9-11,23H,4,8H2,1-3H3,(H2,21,24). The van der Waals surface area contributed by atoms with E-state index >= 15 is 0 Å². The van der Waals surface area contributed by atoms with E-state index in [0.29, 0.717) is 18.7 Å². The summed E-state index contributed by atoms with van der Waals surface area (Å²) < 4.78 is 19.7. The van der Waals surface area contributed by atoms with Crippen molar-refractivity contribution in [2.24, 2.45) is 5.73 Å². The van der Waals surface area contributed by atoms with Crippen molar-refractivity contribution < 1.29 is 13.9 Å². The van der Waals surface area contributed by atoms with Crippen molar-refractivity contribution in [3.8, 4) is 5.75 Å². The summed E-state index contributed by atoms with van der Waals surface area (Å²) in [7, 11) is 0. The van der Waals surface area contributed by atoms with Gasteiger partial charge in [0.15, 0.2) is 5.75 Å². The average Bonchev–Trinajstić information content (AvgIpc) is 2.54. The van der Waals surface area contributed by atoms with Gasteiger partial charge in [0.05, 0.1) is 30.4 Å². The van der Waals surface area contributed by atoms with E-state index in [1.807, 2.05) is 19.9 Å². The SMILES string of the molecule is CC(C)=CCCOc1cncc(Nc2ccc(C)cc2F)c1C(N)=O. The molecule has 0 saturated heterocycles. The van der Waals surface area contributed by atoms with Crippen molar-refractivity contribution in [3.05, 3.63) is 59.2 Å². The third-order valence-corrected chi connectivity index (χ3v) is 3.48. The number of primary amides is 1. The van der Waals surface area contributed by atoms with Crippen LogP contribution in [0.2, 0.25) is 0 Å². The summed E-state index contributed by atoms with van der Waals surface area (Å²) in [4.78, 5) is 15.9. The molecule has 2 aromatic rings. The first kappa shape index (κ1) is 18.4. The molecule has 3 N–H and O–H groups in total. The first-order chi connectivity index (χ1) is 11.9. The molecule has 0 aliphatic carbocycles. The maximum atomic E-state index is 14.1. The number of allylic oxidation sites excluding steroid dienone is 1. The average molecular weight is 343 g/mol. The molecule has 2 rings (SSSR count). The summed E-state index contributed by atoms with van der Waals surface area (Å²) in [6.45, 7) is 6.17. The fourth-order valence-electron chi connectivity index (χ4n) is 2.28. The number of rotatable bonds is 7. The van der Waals surface area contributed by atoms with Crippen molar-refractivity contribution in [2.75, 3.05) is 11.9 Å². The lowest BCUT2D eigenvalue weighted by Gasteiger charge is -2.14. The van der Waals surface area contributed by atoms with E-state index in [1.165, 1.54) is 24.0 Å². The molecule has 0 atom stereocenters. The van der Waals surface area contributed by atoms with Crippen LogP contribution in [0.25, 0.3) is 0 Å². The van der Waals surface area contributed by atoms with Crippen molar-refractivity contribution in [1.29, 1.82) is 0 Å². The second-order valence-corrected chi connectivity index (χ2v) is 5.95. The molecular formula is C19H22FN3O2. The lowest BCUT2D eigenvalue weighted by atomic mass is 10.1. The number of pyridine rings is 1. The maximum absolute atomic E-state index is 14.1. The number of hydrogen-bond acceptors (Lipinski definition) is 4. The summed E-state index contributed by atoms with van der Waals surface area (Å²) in [5.74, 6) is -0.827. The molecule has 6 heteroatoms. The Morgan fingerprint density at radius 2 is 2.08 bits per heavy atom. The second kappa shape index (κ2) is 8.28. The van der Waals surface area contributed by atoms with E-state index in [4.69, 9.17) is 10.5 Å². The van der Waals surface area contributed by atoms with E-state index < -0.39 is 11.7 Å². The minimum atomic E-state index is -0.672. The Kier molecular flexibility index (Phi) is 6.11. The third kappa shape index (κ3) is 5.04. The quantitative estimate of drug-likeness (QED) is 0.586. The Balaban J connectivity index is 2.27. The zero-order valence-corrected chi connectivity index (χ0v) is 14.6. The molecule has 0 saturated carbocycles. The Bertz CT molecular complexity index is 799. The maximum Gasteiger partial charge on any atom is 0.254 e. The number of hydrogen-bond donors (Lipinski definition) is 2. The van der Waals surface area contributed by atoms with Gasteiger partial charge in [0.25, 0.3) is 5.91 Å². The Labute approximate surface area is 146 Å². The number of anilines is 2. The van der Waals surface area contributed by atoms with Gasteiger partial charge in [-0.15, -0.1) is 0 Å². The number of nitrogens with one attached hydrogen (secondary N) is 1. The van der Waals surface area contributed by atoms with Crippen LogP contribution in [0.5, 0.6) is 5.75 Å². The Morgan fingerprint density at radius 3 is 2.72 bits per heavy atom. The highest BCUT2D eigenvalue weighted by molar-refractivity contribution is 6.01. The number of benzene rings is 1. The van der Waals surface area contributed by atoms with Gasteiger partial charge in [-0.25, -0.2) is 4.39 Å². The zero-order chi connectivity index (χ0) is 18.4. The molecule has 132 valence electrons. The van der Waals surface area contributed by atoms with Crippen molar-refractivity contribution in [1.82, 2.24) is 4.98 Å². The Morgan fingerprint density at radius 1 is 1.32 bits per heavy atom. The minimum Gasteiger partial charge on any atom is -0.491 e. The number of ether oxygens (including phenoxy) is 1. The first-order valence-electron chi connectivity index (χ1n) is 7.95. The number of nitrogens with two attached hydrogens (primary N) is 1. The van der Waals surface area contributed by atoms with Crippen LogP contribution >= 0.6 is 0 Å². The topological polar surface area (TPSA) is 77.2 Å². The van der Waals surface area contributed by atoms with Crippen LogP contribution in [-0.4, -0.2) is 17.5 Å². The van der Waals surface area contributed by atoms with E-state index in [2.05, 4.69) is 10.3 Å². The summed E-state index contributed by atoms with van der Waals surface area (Å²) in [5.41, 5.74) is 8.15.